The first-order valence-electron chi connectivity index (χ1n) is 7.57. The fraction of sp³-hybridized carbons (Fsp3) is 0.333. The Balaban J connectivity index is 1.95. The summed E-state index contributed by atoms with van der Waals surface area (Å²) in [4.78, 5) is 28.3. The Morgan fingerprint density at radius 2 is 1.87 bits per heavy atom. The lowest BCUT2D eigenvalue weighted by Crippen LogP contribution is -2.31. The summed E-state index contributed by atoms with van der Waals surface area (Å²) in [6.45, 7) is 7.80. The van der Waals surface area contributed by atoms with Crippen molar-refractivity contribution < 1.29 is 4.79 Å². The smallest absolute Gasteiger partial charge is 0.233 e. The van der Waals surface area contributed by atoms with Crippen LogP contribution in [0.25, 0.3) is 0 Å². The maximum atomic E-state index is 12.2. The number of hydrogen-bond donors (Lipinski definition) is 2. The van der Waals surface area contributed by atoms with Crippen LogP contribution >= 0.6 is 11.8 Å². The molecule has 0 spiro atoms. The van der Waals surface area contributed by atoms with E-state index in [1.54, 1.807) is 20.0 Å². The molecule has 1 atom stereocenters. The second kappa shape index (κ2) is 7.51. The van der Waals surface area contributed by atoms with Gasteiger partial charge in [0, 0.05) is 27.9 Å². The first-order chi connectivity index (χ1) is 10.9. The molecule has 0 aliphatic carbocycles. The second-order valence-corrected chi connectivity index (χ2v) is 7.11. The van der Waals surface area contributed by atoms with Gasteiger partial charge in [0.15, 0.2) is 5.43 Å². The lowest BCUT2D eigenvalue weighted by molar-refractivity contribution is -0.120. The van der Waals surface area contributed by atoms with Crippen LogP contribution < -0.4 is 10.7 Å². The Hall–Kier alpha value is -2.01. The van der Waals surface area contributed by atoms with Gasteiger partial charge in [-0.3, -0.25) is 9.59 Å². The maximum absolute atomic E-state index is 12.2. The standard InChI is InChI=1S/C18H22N2O2S/c1-11-5-7-15(8-6-11)23-14(4)18(22)20-10-16-13(3)17(21)12(2)9-19-16/h5-9,14H,10H2,1-4H3,(H,19,21)(H,20,22)/t14-/m0/s1. The SMILES string of the molecule is Cc1ccc(S[C@@H](C)C(=O)NCc2[nH]cc(C)c(=O)c2C)cc1. The first kappa shape index (κ1) is 17.3. The summed E-state index contributed by atoms with van der Waals surface area (Å²) in [5.74, 6) is -0.0450. The minimum absolute atomic E-state index is 0.0232. The molecule has 1 heterocycles. The molecule has 1 aromatic carbocycles. The van der Waals surface area contributed by atoms with E-state index in [-0.39, 0.29) is 16.6 Å². The number of hydrogen-bond acceptors (Lipinski definition) is 3. The minimum atomic E-state index is -0.199. The normalized spacial score (nSPS) is 12.0. The Labute approximate surface area is 140 Å². The van der Waals surface area contributed by atoms with Gasteiger partial charge in [-0.25, -0.2) is 0 Å². The molecule has 2 rings (SSSR count). The molecule has 1 aromatic heterocycles. The quantitative estimate of drug-likeness (QED) is 0.828. The van der Waals surface area contributed by atoms with Gasteiger partial charge in [0.25, 0.3) is 0 Å². The molecule has 0 unspecified atom stereocenters. The van der Waals surface area contributed by atoms with Crippen molar-refractivity contribution in [1.82, 2.24) is 10.3 Å². The number of nitrogens with one attached hydrogen (secondary N) is 2. The highest BCUT2D eigenvalue weighted by molar-refractivity contribution is 8.00. The average molecular weight is 330 g/mol. The molecule has 1 amide bonds. The molecule has 0 bridgehead atoms. The lowest BCUT2D eigenvalue weighted by atomic mass is 10.1. The van der Waals surface area contributed by atoms with Crippen LogP contribution in [0.5, 0.6) is 0 Å². The van der Waals surface area contributed by atoms with Gasteiger partial charge >= 0.3 is 0 Å². The molecule has 5 heteroatoms. The van der Waals surface area contributed by atoms with Crippen LogP contribution in [0.2, 0.25) is 0 Å². The van der Waals surface area contributed by atoms with E-state index in [1.807, 2.05) is 38.1 Å². The van der Waals surface area contributed by atoms with Gasteiger partial charge in [0.05, 0.1) is 11.8 Å². The third-order valence-electron chi connectivity index (χ3n) is 3.76. The fourth-order valence-corrected chi connectivity index (χ4v) is 3.07. The van der Waals surface area contributed by atoms with Crippen LogP contribution in [0.4, 0.5) is 0 Å². The molecule has 2 aromatic rings. The van der Waals surface area contributed by atoms with Crippen molar-refractivity contribution in [2.75, 3.05) is 0 Å². The van der Waals surface area contributed by atoms with E-state index in [2.05, 4.69) is 10.3 Å². The van der Waals surface area contributed by atoms with E-state index < -0.39 is 0 Å². The number of carbonyl (C=O) groups is 1. The molecule has 0 saturated carbocycles. The van der Waals surface area contributed by atoms with E-state index in [0.29, 0.717) is 17.7 Å². The fourth-order valence-electron chi connectivity index (χ4n) is 2.18. The van der Waals surface area contributed by atoms with Gasteiger partial charge in [0.1, 0.15) is 0 Å². The largest absolute Gasteiger partial charge is 0.363 e. The molecule has 0 fully saturated rings. The number of aryl methyl sites for hydroxylation is 2. The summed E-state index contributed by atoms with van der Waals surface area (Å²) in [6, 6.07) is 8.11. The molecule has 0 aliphatic rings. The van der Waals surface area contributed by atoms with Crippen molar-refractivity contribution in [3.8, 4) is 0 Å². The third-order valence-corrected chi connectivity index (χ3v) is 4.87. The van der Waals surface area contributed by atoms with Crippen LogP contribution in [0.15, 0.2) is 40.2 Å². The van der Waals surface area contributed by atoms with Gasteiger partial charge in [-0.2, -0.15) is 0 Å². The Morgan fingerprint density at radius 1 is 1.22 bits per heavy atom. The van der Waals surface area contributed by atoms with Crippen molar-refractivity contribution in [2.24, 2.45) is 0 Å². The monoisotopic (exact) mass is 330 g/mol. The highest BCUT2D eigenvalue weighted by Crippen LogP contribution is 2.23. The van der Waals surface area contributed by atoms with Gasteiger partial charge in [-0.1, -0.05) is 17.7 Å². The zero-order chi connectivity index (χ0) is 17.0. The summed E-state index contributed by atoms with van der Waals surface area (Å²) in [6.07, 6.45) is 1.68. The predicted octanol–water partition coefficient (Wildman–Crippen LogP) is 3.10. The Bertz CT molecular complexity index is 751. The summed E-state index contributed by atoms with van der Waals surface area (Å²) in [5, 5.41) is 2.69. The summed E-state index contributed by atoms with van der Waals surface area (Å²) >= 11 is 1.52. The number of aromatic amines is 1. The number of pyridine rings is 1. The Morgan fingerprint density at radius 3 is 2.52 bits per heavy atom. The molecule has 4 nitrogen and oxygen atoms in total. The molecule has 2 N–H and O–H groups in total. The molecular weight excluding hydrogens is 308 g/mol. The van der Waals surface area contributed by atoms with Crippen LogP contribution in [-0.2, 0) is 11.3 Å². The lowest BCUT2D eigenvalue weighted by Gasteiger charge is -2.13. The number of rotatable bonds is 5. The van der Waals surface area contributed by atoms with Crippen molar-refractivity contribution in [1.29, 1.82) is 0 Å². The Kier molecular flexibility index (Phi) is 5.66. The maximum Gasteiger partial charge on any atom is 0.233 e. The van der Waals surface area contributed by atoms with Crippen molar-refractivity contribution in [3.05, 3.63) is 63.1 Å². The van der Waals surface area contributed by atoms with E-state index in [9.17, 15) is 9.59 Å². The van der Waals surface area contributed by atoms with E-state index in [4.69, 9.17) is 0 Å². The summed E-state index contributed by atoms with van der Waals surface area (Å²) in [5.41, 5.74) is 3.31. The minimum Gasteiger partial charge on any atom is -0.363 e. The highest BCUT2D eigenvalue weighted by atomic mass is 32.2. The molecule has 0 radical (unpaired) electrons. The van der Waals surface area contributed by atoms with Gasteiger partial charge in [0.2, 0.25) is 5.91 Å². The molecule has 23 heavy (non-hydrogen) atoms. The van der Waals surface area contributed by atoms with Crippen LogP contribution in [-0.4, -0.2) is 16.1 Å². The highest BCUT2D eigenvalue weighted by Gasteiger charge is 2.15. The van der Waals surface area contributed by atoms with Gasteiger partial charge < -0.3 is 10.3 Å². The first-order valence-corrected chi connectivity index (χ1v) is 8.45. The molecule has 122 valence electrons. The number of aromatic nitrogens is 1. The summed E-state index contributed by atoms with van der Waals surface area (Å²) < 4.78 is 0. The number of benzene rings is 1. The second-order valence-electron chi connectivity index (χ2n) is 5.70. The van der Waals surface area contributed by atoms with Crippen LogP contribution in [0.1, 0.15) is 29.3 Å². The number of H-pyrrole nitrogens is 1. The van der Waals surface area contributed by atoms with Crippen LogP contribution in [0.3, 0.4) is 0 Å². The predicted molar refractivity (Wildman–Crippen MR) is 94.9 cm³/mol. The number of amides is 1. The van der Waals surface area contributed by atoms with E-state index in [0.717, 1.165) is 10.6 Å². The molecular formula is C18H22N2O2S. The van der Waals surface area contributed by atoms with E-state index >= 15 is 0 Å². The average Bonchev–Trinajstić information content (AvgIpc) is 2.53. The third kappa shape index (κ3) is 4.48. The molecule has 0 aliphatic heterocycles. The topological polar surface area (TPSA) is 62.0 Å². The van der Waals surface area contributed by atoms with Gasteiger partial charge in [-0.15, -0.1) is 11.8 Å². The number of thioether (sulfide) groups is 1. The van der Waals surface area contributed by atoms with E-state index in [1.165, 1.54) is 17.3 Å². The van der Waals surface area contributed by atoms with Crippen molar-refractivity contribution in [3.63, 3.8) is 0 Å². The molecule has 0 saturated heterocycles. The van der Waals surface area contributed by atoms with Crippen LogP contribution in [0, 0.1) is 20.8 Å². The zero-order valence-corrected chi connectivity index (χ0v) is 14.7. The zero-order valence-electron chi connectivity index (χ0n) is 13.9. The van der Waals surface area contributed by atoms with Crippen molar-refractivity contribution >= 4 is 17.7 Å². The number of carbonyl (C=O) groups excluding carboxylic acids is 1. The van der Waals surface area contributed by atoms with Gasteiger partial charge in [-0.05, 0) is 39.8 Å². The summed E-state index contributed by atoms with van der Waals surface area (Å²) in [7, 11) is 0. The van der Waals surface area contributed by atoms with Crippen molar-refractivity contribution in [2.45, 2.75) is 44.4 Å².